The summed E-state index contributed by atoms with van der Waals surface area (Å²) in [5, 5.41) is 2.21. The van der Waals surface area contributed by atoms with Crippen molar-refractivity contribution in [3.8, 4) is 0 Å². The quantitative estimate of drug-likeness (QED) is 0.550. The first-order valence-corrected chi connectivity index (χ1v) is 10.8. The van der Waals surface area contributed by atoms with Crippen LogP contribution in [0, 0.1) is 6.92 Å². The van der Waals surface area contributed by atoms with Crippen molar-refractivity contribution in [2.45, 2.75) is 31.8 Å². The van der Waals surface area contributed by atoms with E-state index in [1.54, 1.807) is 17.7 Å². The summed E-state index contributed by atoms with van der Waals surface area (Å²) >= 11 is 1.61. The third-order valence-corrected chi connectivity index (χ3v) is 7.34. The molecule has 2 aliphatic rings. The fourth-order valence-corrected chi connectivity index (χ4v) is 5.90. The van der Waals surface area contributed by atoms with Crippen LogP contribution in [0.4, 0.5) is 5.82 Å². The lowest BCUT2D eigenvalue weighted by atomic mass is 10.1. The van der Waals surface area contributed by atoms with Crippen LogP contribution in [-0.4, -0.2) is 50.9 Å². The van der Waals surface area contributed by atoms with Crippen LogP contribution in [0.15, 0.2) is 42.9 Å². The highest BCUT2D eigenvalue weighted by molar-refractivity contribution is 7.20. The van der Waals surface area contributed by atoms with Gasteiger partial charge in [-0.3, -0.25) is 4.79 Å². The van der Waals surface area contributed by atoms with Gasteiger partial charge in [-0.2, -0.15) is 0 Å². The number of nitrogens with one attached hydrogen (secondary N) is 1. The number of anilines is 1. The third kappa shape index (κ3) is 2.64. The second-order valence-electron chi connectivity index (χ2n) is 8.09. The summed E-state index contributed by atoms with van der Waals surface area (Å²) in [7, 11) is 0. The van der Waals surface area contributed by atoms with Gasteiger partial charge in [-0.15, -0.1) is 11.3 Å². The molecule has 6 rings (SSSR count). The van der Waals surface area contributed by atoms with E-state index >= 15 is 0 Å². The van der Waals surface area contributed by atoms with Gasteiger partial charge >= 0.3 is 0 Å². The normalized spacial score (nSPS) is 21.4. The summed E-state index contributed by atoms with van der Waals surface area (Å²) in [5.74, 6) is 1.16. The van der Waals surface area contributed by atoms with Crippen molar-refractivity contribution in [1.82, 2.24) is 19.9 Å². The average Bonchev–Trinajstić information content (AvgIpc) is 3.42. The molecular weight excluding hydrogens is 382 g/mol. The largest absolute Gasteiger partial charge is 0.352 e. The van der Waals surface area contributed by atoms with Gasteiger partial charge in [-0.25, -0.2) is 9.97 Å². The number of aryl methyl sites for hydroxylation is 1. The number of carbonyl (C=O) groups excluding carboxylic acids is 1. The number of aromatic amines is 1. The van der Waals surface area contributed by atoms with Gasteiger partial charge in [0.15, 0.2) is 0 Å². The molecule has 2 fully saturated rings. The number of piperazine rings is 1. The number of benzene rings is 1. The van der Waals surface area contributed by atoms with Crippen LogP contribution in [0.25, 0.3) is 21.1 Å². The van der Waals surface area contributed by atoms with Crippen molar-refractivity contribution < 1.29 is 4.79 Å². The molecule has 0 spiro atoms. The van der Waals surface area contributed by atoms with E-state index in [4.69, 9.17) is 0 Å². The van der Waals surface area contributed by atoms with Gasteiger partial charge in [0.1, 0.15) is 17.8 Å². The Morgan fingerprint density at radius 1 is 1.14 bits per heavy atom. The van der Waals surface area contributed by atoms with E-state index < -0.39 is 0 Å². The Morgan fingerprint density at radius 3 is 2.79 bits per heavy atom. The molecule has 2 bridgehead atoms. The number of amides is 1. The van der Waals surface area contributed by atoms with Crippen LogP contribution >= 0.6 is 11.3 Å². The molecule has 5 heterocycles. The number of carbonyl (C=O) groups is 1. The van der Waals surface area contributed by atoms with Crippen molar-refractivity contribution in [2.24, 2.45) is 0 Å². The summed E-state index contributed by atoms with van der Waals surface area (Å²) in [6.07, 6.45) is 5.63. The SMILES string of the molecule is Cc1ccc2sc(C(=O)N3[C@@H]4CC[C@H]3CN(c3ncnc5[nH]ccc35)C4)cc2c1. The Bertz CT molecular complexity index is 1230. The maximum atomic E-state index is 13.4. The van der Waals surface area contributed by atoms with Crippen molar-refractivity contribution in [2.75, 3.05) is 18.0 Å². The van der Waals surface area contributed by atoms with Crippen LogP contribution in [0.2, 0.25) is 0 Å². The molecule has 0 radical (unpaired) electrons. The molecule has 1 N–H and O–H groups in total. The molecule has 146 valence electrons. The van der Waals surface area contributed by atoms with E-state index in [1.807, 2.05) is 12.3 Å². The van der Waals surface area contributed by atoms with Crippen LogP contribution in [0.5, 0.6) is 0 Å². The zero-order valence-electron chi connectivity index (χ0n) is 16.1. The zero-order valence-corrected chi connectivity index (χ0v) is 16.9. The Hall–Kier alpha value is -2.93. The molecule has 6 nitrogen and oxygen atoms in total. The first-order valence-electron chi connectivity index (χ1n) is 10.0. The van der Waals surface area contributed by atoms with Gasteiger partial charge in [0.05, 0.1) is 22.3 Å². The first kappa shape index (κ1) is 17.0. The fourth-order valence-electron chi connectivity index (χ4n) is 4.91. The van der Waals surface area contributed by atoms with Crippen molar-refractivity contribution in [1.29, 1.82) is 0 Å². The topological polar surface area (TPSA) is 65.1 Å². The predicted molar refractivity (Wildman–Crippen MR) is 116 cm³/mol. The van der Waals surface area contributed by atoms with E-state index in [2.05, 4.69) is 55.9 Å². The maximum Gasteiger partial charge on any atom is 0.264 e. The standard InChI is InChI=1S/C22H21N5OS/c1-13-2-5-18-14(8-13)9-19(29-18)22(28)27-15-3-4-16(27)11-26(10-15)21-17-6-7-23-20(17)24-12-25-21/h2,5-9,12,15-16H,3-4,10-11H2,1H3,(H,23,24,25)/t15-,16+. The van der Waals surface area contributed by atoms with Crippen molar-refractivity contribution in [3.63, 3.8) is 0 Å². The molecule has 3 aromatic heterocycles. The smallest absolute Gasteiger partial charge is 0.264 e. The number of hydrogen-bond donors (Lipinski definition) is 1. The van der Waals surface area contributed by atoms with E-state index in [9.17, 15) is 4.79 Å². The van der Waals surface area contributed by atoms with Gasteiger partial charge in [0.25, 0.3) is 5.91 Å². The number of rotatable bonds is 2. The van der Waals surface area contributed by atoms with E-state index in [0.29, 0.717) is 0 Å². The van der Waals surface area contributed by atoms with Crippen molar-refractivity contribution in [3.05, 3.63) is 53.3 Å². The van der Waals surface area contributed by atoms with Crippen LogP contribution in [0.1, 0.15) is 28.1 Å². The Labute approximate surface area is 172 Å². The minimum Gasteiger partial charge on any atom is -0.352 e. The number of aromatic nitrogens is 3. The summed E-state index contributed by atoms with van der Waals surface area (Å²) in [4.78, 5) is 30.8. The maximum absolute atomic E-state index is 13.4. The number of hydrogen-bond acceptors (Lipinski definition) is 5. The highest BCUT2D eigenvalue weighted by Gasteiger charge is 2.43. The van der Waals surface area contributed by atoms with Crippen LogP contribution in [0.3, 0.4) is 0 Å². The summed E-state index contributed by atoms with van der Waals surface area (Å²) in [6.45, 7) is 3.74. The molecule has 2 aliphatic heterocycles. The molecule has 0 saturated carbocycles. The number of thiophene rings is 1. The minimum atomic E-state index is 0.186. The molecule has 2 saturated heterocycles. The van der Waals surface area contributed by atoms with Crippen LogP contribution in [-0.2, 0) is 0 Å². The van der Waals surface area contributed by atoms with Gasteiger partial charge < -0.3 is 14.8 Å². The lowest BCUT2D eigenvalue weighted by Gasteiger charge is -2.41. The van der Waals surface area contributed by atoms with Gasteiger partial charge in [-0.05, 0) is 43.4 Å². The highest BCUT2D eigenvalue weighted by Crippen LogP contribution is 2.36. The van der Waals surface area contributed by atoms with E-state index in [-0.39, 0.29) is 18.0 Å². The summed E-state index contributed by atoms with van der Waals surface area (Å²) in [5.41, 5.74) is 2.09. The average molecular weight is 404 g/mol. The van der Waals surface area contributed by atoms with E-state index in [1.165, 1.54) is 15.6 Å². The molecule has 1 aromatic carbocycles. The Morgan fingerprint density at radius 2 is 1.97 bits per heavy atom. The Balaban J connectivity index is 1.30. The minimum absolute atomic E-state index is 0.186. The van der Waals surface area contributed by atoms with Gasteiger partial charge in [0, 0.05) is 24.0 Å². The lowest BCUT2D eigenvalue weighted by molar-refractivity contribution is 0.0646. The molecular formula is C22H21N5OS. The second-order valence-corrected chi connectivity index (χ2v) is 9.18. The first-order chi connectivity index (χ1) is 14.2. The van der Waals surface area contributed by atoms with Gasteiger partial charge in [-0.1, -0.05) is 17.7 Å². The number of fused-ring (bicyclic) bond motifs is 4. The Kier molecular flexibility index (Phi) is 3.68. The summed E-state index contributed by atoms with van der Waals surface area (Å²) in [6, 6.07) is 11.0. The molecule has 29 heavy (non-hydrogen) atoms. The number of nitrogens with zero attached hydrogens (tertiary/aromatic N) is 4. The molecule has 4 aromatic rings. The van der Waals surface area contributed by atoms with Crippen molar-refractivity contribution >= 4 is 44.2 Å². The predicted octanol–water partition coefficient (Wildman–Crippen LogP) is 3.97. The molecule has 2 atom stereocenters. The molecule has 0 unspecified atom stereocenters. The lowest BCUT2D eigenvalue weighted by Crippen LogP contribution is -2.56. The third-order valence-electron chi connectivity index (χ3n) is 6.23. The highest BCUT2D eigenvalue weighted by atomic mass is 32.1. The summed E-state index contributed by atoms with van der Waals surface area (Å²) < 4.78 is 1.18. The fraction of sp³-hybridized carbons (Fsp3) is 0.318. The second kappa shape index (κ2) is 6.29. The van der Waals surface area contributed by atoms with E-state index in [0.717, 1.165) is 47.7 Å². The van der Waals surface area contributed by atoms with Gasteiger partial charge in [0.2, 0.25) is 0 Å². The number of H-pyrrole nitrogens is 1. The molecule has 0 aliphatic carbocycles. The molecule has 1 amide bonds. The zero-order chi connectivity index (χ0) is 19.5. The monoisotopic (exact) mass is 403 g/mol. The molecule has 7 heteroatoms. The van der Waals surface area contributed by atoms with Crippen LogP contribution < -0.4 is 4.90 Å².